The van der Waals surface area contributed by atoms with Gasteiger partial charge in [-0.15, -0.1) is 0 Å². The van der Waals surface area contributed by atoms with E-state index in [1.807, 2.05) is 6.08 Å². The number of hydrogen-bond donors (Lipinski definition) is 9. The lowest BCUT2D eigenvalue weighted by atomic mass is 9.97. The number of hydrogen-bond acceptors (Lipinski definition) is 13. The third-order valence-corrected chi connectivity index (χ3v) is 17.2. The summed E-state index contributed by atoms with van der Waals surface area (Å²) in [6, 6.07) is -0.934. The Morgan fingerprint density at radius 2 is 0.779 bits per heavy atom. The summed E-state index contributed by atoms with van der Waals surface area (Å²) in [7, 11) is 0. The summed E-state index contributed by atoms with van der Waals surface area (Å²) in [5.41, 5.74) is 0. The van der Waals surface area contributed by atoms with Crippen molar-refractivity contribution >= 4 is 5.91 Å². The van der Waals surface area contributed by atoms with Gasteiger partial charge in [-0.05, 0) is 70.6 Å². The average molecular weight is 1220 g/mol. The molecule has 86 heavy (non-hydrogen) atoms. The minimum atomic E-state index is -1.79. The van der Waals surface area contributed by atoms with Gasteiger partial charge in [0.2, 0.25) is 5.91 Å². The normalized spacial score (nSPS) is 23.7. The van der Waals surface area contributed by atoms with Crippen LogP contribution in [0.1, 0.15) is 296 Å². The molecule has 0 spiro atoms. The first-order chi connectivity index (χ1) is 42.1. The molecule has 502 valence electrons. The van der Waals surface area contributed by atoms with E-state index >= 15 is 0 Å². The monoisotopic (exact) mass is 1220 g/mol. The number of aliphatic hydroxyl groups is 8. The van der Waals surface area contributed by atoms with E-state index < -0.39 is 86.8 Å². The number of allylic oxidation sites excluding steroid dienone is 9. The smallest absolute Gasteiger partial charge is 0.220 e. The Balaban J connectivity index is 1.67. The summed E-state index contributed by atoms with van der Waals surface area (Å²) >= 11 is 0. The van der Waals surface area contributed by atoms with E-state index in [1.165, 1.54) is 218 Å². The fraction of sp³-hybridized carbons (Fsp3) is 0.847. The standard InChI is InChI=1S/C72H131NO13/c1-3-5-7-9-11-13-15-17-19-21-23-25-26-27-28-29-30-31-32-33-34-36-38-40-42-44-46-48-50-52-54-56-64(77)73-60(61(76)55-53-51-49-47-45-43-41-39-37-35-24-22-20-18-16-14-12-10-8-6-4-2)59-83-71-69(82)67(80)70(63(58-75)85-71)86-72-68(81)66(79)65(78)62(57-74)84-72/h15,17,21,23,26-27,45,47,53,55,60-63,65-72,74-76,78-82H,3-14,16,18-20,22,24-25,28-44,46,48-52,54,56-59H2,1-2H3,(H,73,77)/b17-15-,23-21-,27-26-,47-45+,55-53+. The van der Waals surface area contributed by atoms with Crippen LogP contribution in [0, 0.1) is 0 Å². The summed E-state index contributed by atoms with van der Waals surface area (Å²) in [6.45, 7) is 2.80. The summed E-state index contributed by atoms with van der Waals surface area (Å²) < 4.78 is 22.8. The predicted octanol–water partition coefficient (Wildman–Crippen LogP) is 14.5. The van der Waals surface area contributed by atoms with Gasteiger partial charge in [-0.3, -0.25) is 4.79 Å². The van der Waals surface area contributed by atoms with Crippen LogP contribution in [0.15, 0.2) is 60.8 Å². The van der Waals surface area contributed by atoms with E-state index in [-0.39, 0.29) is 18.9 Å². The van der Waals surface area contributed by atoms with E-state index in [9.17, 15) is 45.6 Å². The van der Waals surface area contributed by atoms with Gasteiger partial charge in [0, 0.05) is 6.42 Å². The van der Waals surface area contributed by atoms with E-state index in [0.717, 1.165) is 44.9 Å². The number of ether oxygens (including phenoxy) is 4. The van der Waals surface area contributed by atoms with Crippen molar-refractivity contribution in [2.24, 2.45) is 0 Å². The van der Waals surface area contributed by atoms with Gasteiger partial charge >= 0.3 is 0 Å². The van der Waals surface area contributed by atoms with E-state index in [0.29, 0.717) is 12.8 Å². The van der Waals surface area contributed by atoms with Crippen molar-refractivity contribution in [2.45, 2.75) is 370 Å². The molecule has 2 aliphatic heterocycles. The number of unbranched alkanes of at least 4 members (excludes halogenated alkanes) is 37. The number of carbonyl (C=O) groups is 1. The van der Waals surface area contributed by atoms with Crippen molar-refractivity contribution in [3.05, 3.63) is 60.8 Å². The first-order valence-corrected chi connectivity index (χ1v) is 35.5. The Morgan fingerprint density at radius 3 is 1.22 bits per heavy atom. The molecule has 2 heterocycles. The highest BCUT2D eigenvalue weighted by molar-refractivity contribution is 5.76. The largest absolute Gasteiger partial charge is 0.394 e. The van der Waals surface area contributed by atoms with Crippen LogP contribution in [0.3, 0.4) is 0 Å². The van der Waals surface area contributed by atoms with Crippen LogP contribution in [0.2, 0.25) is 0 Å². The molecular formula is C72H131NO13. The topological polar surface area (TPSA) is 228 Å². The highest BCUT2D eigenvalue weighted by Crippen LogP contribution is 2.30. The van der Waals surface area contributed by atoms with Crippen LogP contribution in [-0.2, 0) is 23.7 Å². The number of rotatable bonds is 58. The molecule has 0 saturated carbocycles. The number of nitrogens with one attached hydrogen (secondary N) is 1. The summed E-state index contributed by atoms with van der Waals surface area (Å²) in [5, 5.41) is 87.4. The van der Waals surface area contributed by atoms with Gasteiger partial charge in [-0.1, -0.05) is 280 Å². The van der Waals surface area contributed by atoms with Crippen molar-refractivity contribution in [2.75, 3.05) is 19.8 Å². The van der Waals surface area contributed by atoms with Gasteiger partial charge < -0.3 is 65.1 Å². The Morgan fingerprint density at radius 1 is 0.419 bits per heavy atom. The molecule has 0 aliphatic carbocycles. The van der Waals surface area contributed by atoms with Crippen molar-refractivity contribution in [3.8, 4) is 0 Å². The van der Waals surface area contributed by atoms with E-state index in [2.05, 4.69) is 67.8 Å². The third-order valence-electron chi connectivity index (χ3n) is 17.2. The number of amides is 1. The number of carbonyl (C=O) groups excluding carboxylic acids is 1. The molecule has 0 radical (unpaired) electrons. The Bertz CT molecular complexity index is 1670. The van der Waals surface area contributed by atoms with Gasteiger partial charge in [-0.25, -0.2) is 0 Å². The molecule has 1 amide bonds. The second-order valence-electron chi connectivity index (χ2n) is 25.0. The molecule has 0 aromatic rings. The molecule has 12 atom stereocenters. The molecule has 14 nitrogen and oxygen atoms in total. The molecule has 12 unspecified atom stereocenters. The summed E-state index contributed by atoms with van der Waals surface area (Å²) in [4.78, 5) is 13.3. The lowest BCUT2D eigenvalue weighted by Gasteiger charge is -2.46. The van der Waals surface area contributed by atoms with Gasteiger partial charge in [0.15, 0.2) is 12.6 Å². The minimum absolute atomic E-state index is 0.247. The average Bonchev–Trinajstić information content (AvgIpc) is 2.54. The van der Waals surface area contributed by atoms with Crippen molar-refractivity contribution in [3.63, 3.8) is 0 Å². The summed E-state index contributed by atoms with van der Waals surface area (Å²) in [6.07, 6.45) is 58.5. The maximum Gasteiger partial charge on any atom is 0.220 e. The molecule has 14 heteroatoms. The zero-order chi connectivity index (χ0) is 62.3. The highest BCUT2D eigenvalue weighted by atomic mass is 16.7. The highest BCUT2D eigenvalue weighted by Gasteiger charge is 2.51. The van der Waals surface area contributed by atoms with Gasteiger partial charge in [0.05, 0.1) is 32.0 Å². The SMILES string of the molecule is CCCCCCC/C=C\C/C=C\C/C=C\CCCCCCCCCCCCCCCCCCC(=O)NC(COC1OC(CO)C(OC2OC(CO)C(O)C(O)C2O)C(O)C1O)C(O)/C=C/CC/C=C/CCCCCCCCCCCCCCCCC. The third kappa shape index (κ3) is 40.4. The maximum atomic E-state index is 13.3. The molecule has 0 bridgehead atoms. The number of aliphatic hydroxyl groups excluding tert-OH is 8. The van der Waals surface area contributed by atoms with E-state index in [1.54, 1.807) is 6.08 Å². The van der Waals surface area contributed by atoms with Gasteiger partial charge in [0.25, 0.3) is 0 Å². The lowest BCUT2D eigenvalue weighted by Crippen LogP contribution is -2.65. The quantitative estimate of drug-likeness (QED) is 0.0204. The second kappa shape index (κ2) is 56.7. The molecule has 2 aliphatic rings. The molecule has 0 aromatic heterocycles. The first kappa shape index (κ1) is 79.8. The van der Waals surface area contributed by atoms with E-state index in [4.69, 9.17) is 18.9 Å². The van der Waals surface area contributed by atoms with Crippen LogP contribution >= 0.6 is 0 Å². The Kier molecular flexibility index (Phi) is 52.6. The maximum absolute atomic E-state index is 13.3. The van der Waals surface area contributed by atoms with Crippen LogP contribution in [0.25, 0.3) is 0 Å². The molecule has 0 aromatic carbocycles. The predicted molar refractivity (Wildman–Crippen MR) is 350 cm³/mol. The zero-order valence-corrected chi connectivity index (χ0v) is 54.6. The fourth-order valence-electron chi connectivity index (χ4n) is 11.5. The molecule has 2 saturated heterocycles. The van der Waals surface area contributed by atoms with Crippen LogP contribution < -0.4 is 5.32 Å². The Labute approximate surface area is 524 Å². The van der Waals surface area contributed by atoms with Crippen molar-refractivity contribution < 1.29 is 64.6 Å². The van der Waals surface area contributed by atoms with Crippen molar-refractivity contribution in [1.29, 1.82) is 0 Å². The van der Waals surface area contributed by atoms with Crippen molar-refractivity contribution in [1.82, 2.24) is 5.32 Å². The fourth-order valence-corrected chi connectivity index (χ4v) is 11.5. The molecule has 9 N–H and O–H groups in total. The first-order valence-electron chi connectivity index (χ1n) is 35.5. The van der Waals surface area contributed by atoms with Gasteiger partial charge in [0.1, 0.15) is 48.8 Å². The Hall–Kier alpha value is -2.31. The van der Waals surface area contributed by atoms with Gasteiger partial charge in [-0.2, -0.15) is 0 Å². The lowest BCUT2D eigenvalue weighted by molar-refractivity contribution is -0.359. The second-order valence-corrected chi connectivity index (χ2v) is 25.0. The van der Waals surface area contributed by atoms with Crippen LogP contribution in [-0.4, -0.2) is 140 Å². The zero-order valence-electron chi connectivity index (χ0n) is 54.6. The molecule has 2 rings (SSSR count). The molecular weight excluding hydrogens is 1090 g/mol. The summed E-state index contributed by atoms with van der Waals surface area (Å²) in [5.74, 6) is -0.247. The molecule has 2 fully saturated rings. The van der Waals surface area contributed by atoms with Crippen LogP contribution in [0.4, 0.5) is 0 Å². The van der Waals surface area contributed by atoms with Crippen LogP contribution in [0.5, 0.6) is 0 Å². The minimum Gasteiger partial charge on any atom is -0.394 e.